The molecule has 2 unspecified atom stereocenters. The first kappa shape index (κ1) is 14.9. The molecular formula is C18H18BrClO. The van der Waals surface area contributed by atoms with Gasteiger partial charge in [0, 0.05) is 15.8 Å². The molecule has 0 amide bonds. The summed E-state index contributed by atoms with van der Waals surface area (Å²) < 4.78 is 5.23. The van der Waals surface area contributed by atoms with Gasteiger partial charge >= 0.3 is 0 Å². The van der Waals surface area contributed by atoms with Crippen molar-refractivity contribution in [3.63, 3.8) is 0 Å². The van der Waals surface area contributed by atoms with Gasteiger partial charge in [-0.15, -0.1) is 0 Å². The van der Waals surface area contributed by atoms with E-state index in [1.165, 1.54) is 30.4 Å². The van der Waals surface area contributed by atoms with Gasteiger partial charge in [-0.25, -0.2) is 0 Å². The smallest absolute Gasteiger partial charge is 0.120 e. The third-order valence-electron chi connectivity index (χ3n) is 4.27. The number of alkyl halides is 1. The number of benzene rings is 2. The molecule has 3 heteroatoms. The highest BCUT2D eigenvalue weighted by atomic mass is 79.9. The molecule has 1 nitrogen and oxygen atoms in total. The minimum absolute atomic E-state index is 0.234. The molecule has 2 aromatic rings. The Hall–Kier alpha value is -0.990. The van der Waals surface area contributed by atoms with Crippen LogP contribution in [-0.4, -0.2) is 7.11 Å². The summed E-state index contributed by atoms with van der Waals surface area (Å²) in [5, 5.41) is 0.763. The van der Waals surface area contributed by atoms with Gasteiger partial charge in [0.1, 0.15) is 5.75 Å². The molecule has 0 spiro atoms. The molecule has 2 atom stereocenters. The number of hydrogen-bond donors (Lipinski definition) is 0. The Labute approximate surface area is 139 Å². The largest absolute Gasteiger partial charge is 0.497 e. The van der Waals surface area contributed by atoms with Gasteiger partial charge in [-0.3, -0.25) is 0 Å². The first-order valence-corrected chi connectivity index (χ1v) is 8.55. The zero-order chi connectivity index (χ0) is 14.8. The van der Waals surface area contributed by atoms with E-state index in [2.05, 4.69) is 46.3 Å². The Morgan fingerprint density at radius 1 is 1.24 bits per heavy atom. The van der Waals surface area contributed by atoms with Crippen LogP contribution in [0.1, 0.15) is 40.3 Å². The Morgan fingerprint density at radius 3 is 2.81 bits per heavy atom. The predicted octanol–water partition coefficient (Wildman–Crippen LogP) is 5.90. The van der Waals surface area contributed by atoms with Gasteiger partial charge in [0.25, 0.3) is 0 Å². The minimum atomic E-state index is 0.234. The number of fused-ring (bicyclic) bond motifs is 1. The molecule has 3 rings (SSSR count). The summed E-state index contributed by atoms with van der Waals surface area (Å²) in [6.45, 7) is 0. The van der Waals surface area contributed by atoms with Crippen molar-refractivity contribution in [3.8, 4) is 5.75 Å². The second-order valence-electron chi connectivity index (χ2n) is 5.49. The van der Waals surface area contributed by atoms with Crippen LogP contribution in [0.3, 0.4) is 0 Å². The molecule has 21 heavy (non-hydrogen) atoms. The van der Waals surface area contributed by atoms with Crippen LogP contribution in [0.2, 0.25) is 5.02 Å². The van der Waals surface area contributed by atoms with E-state index in [0.29, 0.717) is 5.92 Å². The lowest BCUT2D eigenvalue weighted by atomic mass is 9.79. The van der Waals surface area contributed by atoms with Crippen LogP contribution >= 0.6 is 27.5 Å². The summed E-state index contributed by atoms with van der Waals surface area (Å²) in [6, 6.07) is 14.7. The number of ether oxygens (including phenoxy) is 1. The molecule has 0 fully saturated rings. The van der Waals surface area contributed by atoms with Gasteiger partial charge in [0.15, 0.2) is 0 Å². The maximum absolute atomic E-state index is 6.44. The van der Waals surface area contributed by atoms with Crippen LogP contribution in [0.5, 0.6) is 5.75 Å². The quantitative estimate of drug-likeness (QED) is 0.615. The number of halogens is 2. The van der Waals surface area contributed by atoms with Crippen molar-refractivity contribution in [3.05, 3.63) is 64.2 Å². The molecule has 0 aromatic heterocycles. The summed E-state index contributed by atoms with van der Waals surface area (Å²) in [5.41, 5.74) is 4.07. The molecule has 1 aliphatic carbocycles. The highest BCUT2D eigenvalue weighted by molar-refractivity contribution is 9.09. The fraction of sp³-hybridized carbons (Fsp3) is 0.333. The minimum Gasteiger partial charge on any atom is -0.497 e. The molecular weight excluding hydrogens is 348 g/mol. The second kappa shape index (κ2) is 6.41. The number of hydrogen-bond acceptors (Lipinski definition) is 1. The van der Waals surface area contributed by atoms with Crippen LogP contribution in [-0.2, 0) is 6.42 Å². The third kappa shape index (κ3) is 2.97. The molecule has 0 radical (unpaired) electrons. The molecule has 0 N–H and O–H groups in total. The monoisotopic (exact) mass is 364 g/mol. The topological polar surface area (TPSA) is 9.23 Å². The van der Waals surface area contributed by atoms with E-state index in [-0.39, 0.29) is 4.83 Å². The zero-order valence-corrected chi connectivity index (χ0v) is 14.3. The summed E-state index contributed by atoms with van der Waals surface area (Å²) in [7, 11) is 1.66. The van der Waals surface area contributed by atoms with E-state index in [9.17, 15) is 0 Å². The third-order valence-corrected chi connectivity index (χ3v) is 5.73. The standard InChI is InChI=1S/C18H18BrClO/c1-21-13-9-10-16(17(20)11-13)18(19)15-8-4-6-12-5-2-3-7-14(12)15/h2-3,5,7,9-11,15,18H,4,6,8H2,1H3. The van der Waals surface area contributed by atoms with Gasteiger partial charge in [-0.05, 0) is 48.1 Å². The number of aryl methyl sites for hydroxylation is 1. The lowest BCUT2D eigenvalue weighted by Crippen LogP contribution is -2.14. The lowest BCUT2D eigenvalue weighted by molar-refractivity contribution is 0.414. The average molecular weight is 366 g/mol. The fourth-order valence-corrected chi connectivity index (χ4v) is 4.54. The summed E-state index contributed by atoms with van der Waals surface area (Å²) in [5.74, 6) is 1.27. The Morgan fingerprint density at radius 2 is 2.05 bits per heavy atom. The van der Waals surface area contributed by atoms with Crippen molar-refractivity contribution in [1.29, 1.82) is 0 Å². The Kier molecular flexibility index (Phi) is 4.56. The Balaban J connectivity index is 1.94. The van der Waals surface area contributed by atoms with Crippen LogP contribution in [0.4, 0.5) is 0 Å². The molecule has 0 saturated carbocycles. The zero-order valence-electron chi connectivity index (χ0n) is 12.0. The first-order valence-electron chi connectivity index (χ1n) is 7.26. The summed E-state index contributed by atoms with van der Waals surface area (Å²) in [4.78, 5) is 0.234. The van der Waals surface area contributed by atoms with Crippen molar-refractivity contribution in [2.24, 2.45) is 0 Å². The highest BCUT2D eigenvalue weighted by Crippen LogP contribution is 2.47. The van der Waals surface area contributed by atoms with Crippen LogP contribution in [0, 0.1) is 0 Å². The number of rotatable bonds is 3. The van der Waals surface area contributed by atoms with Gasteiger partial charge in [0.2, 0.25) is 0 Å². The Bertz CT molecular complexity index is 641. The normalized spacial score (nSPS) is 18.9. The predicted molar refractivity (Wildman–Crippen MR) is 91.8 cm³/mol. The molecule has 0 bridgehead atoms. The van der Waals surface area contributed by atoms with E-state index in [0.717, 1.165) is 16.3 Å². The fourth-order valence-electron chi connectivity index (χ4n) is 3.17. The average Bonchev–Trinajstić information content (AvgIpc) is 2.53. The molecule has 1 aliphatic rings. The van der Waals surface area contributed by atoms with Gasteiger partial charge < -0.3 is 4.74 Å². The van der Waals surface area contributed by atoms with Crippen molar-refractivity contribution in [2.45, 2.75) is 30.0 Å². The van der Waals surface area contributed by atoms with Crippen molar-refractivity contribution in [1.82, 2.24) is 0 Å². The van der Waals surface area contributed by atoms with E-state index in [4.69, 9.17) is 16.3 Å². The summed E-state index contributed by atoms with van der Waals surface area (Å²) >= 11 is 10.3. The van der Waals surface area contributed by atoms with Crippen molar-refractivity contribution < 1.29 is 4.74 Å². The van der Waals surface area contributed by atoms with Crippen molar-refractivity contribution in [2.75, 3.05) is 7.11 Å². The maximum atomic E-state index is 6.44. The van der Waals surface area contributed by atoms with E-state index in [1.54, 1.807) is 7.11 Å². The molecule has 0 heterocycles. The number of methoxy groups -OCH3 is 1. The molecule has 110 valence electrons. The van der Waals surface area contributed by atoms with Gasteiger partial charge in [-0.1, -0.05) is 57.9 Å². The van der Waals surface area contributed by atoms with Gasteiger partial charge in [-0.2, -0.15) is 0 Å². The van der Waals surface area contributed by atoms with E-state index in [1.807, 2.05) is 12.1 Å². The van der Waals surface area contributed by atoms with E-state index >= 15 is 0 Å². The van der Waals surface area contributed by atoms with Crippen molar-refractivity contribution >= 4 is 27.5 Å². The highest BCUT2D eigenvalue weighted by Gasteiger charge is 2.28. The van der Waals surface area contributed by atoms with E-state index < -0.39 is 0 Å². The molecule has 2 aromatic carbocycles. The molecule has 0 aliphatic heterocycles. The second-order valence-corrected chi connectivity index (χ2v) is 6.88. The van der Waals surface area contributed by atoms with Crippen LogP contribution < -0.4 is 4.74 Å². The maximum Gasteiger partial charge on any atom is 0.120 e. The van der Waals surface area contributed by atoms with Crippen LogP contribution in [0.15, 0.2) is 42.5 Å². The lowest BCUT2D eigenvalue weighted by Gasteiger charge is -2.30. The SMILES string of the molecule is COc1ccc(C(Br)C2CCCc3ccccc32)c(Cl)c1. The van der Waals surface area contributed by atoms with Gasteiger partial charge in [0.05, 0.1) is 7.11 Å². The molecule has 0 saturated heterocycles. The summed E-state index contributed by atoms with van der Waals surface area (Å²) in [6.07, 6.45) is 3.61. The first-order chi connectivity index (χ1) is 10.2. The van der Waals surface area contributed by atoms with Crippen LogP contribution in [0.25, 0.3) is 0 Å².